The van der Waals surface area contributed by atoms with Crippen LogP contribution in [0.25, 0.3) is 0 Å². The fraction of sp³-hybridized carbons (Fsp3) is 0.457. The van der Waals surface area contributed by atoms with E-state index in [2.05, 4.69) is 36.6 Å². The number of aliphatic carboxylic acids is 2. The van der Waals surface area contributed by atoms with Crippen molar-refractivity contribution < 1.29 is 63.3 Å². The first-order valence-corrected chi connectivity index (χ1v) is 18.1. The fourth-order valence-corrected chi connectivity index (χ4v) is 5.34. The third kappa shape index (κ3) is 18.1. The minimum absolute atomic E-state index is 0.132. The van der Waals surface area contributed by atoms with Crippen molar-refractivity contribution >= 4 is 59.2 Å². The Morgan fingerprint density at radius 3 is 1.46 bits per heavy atom. The molecule has 1 aromatic heterocycles. The summed E-state index contributed by atoms with van der Waals surface area (Å²) in [6.07, 6.45) is -1.23. The van der Waals surface area contributed by atoms with E-state index in [4.69, 9.17) is 28.0 Å². The normalized spacial score (nSPS) is 13.8. The van der Waals surface area contributed by atoms with Crippen molar-refractivity contribution in [3.05, 3.63) is 48.0 Å². The number of aromatic nitrogens is 2. The van der Waals surface area contributed by atoms with Crippen LogP contribution in [0.5, 0.6) is 5.75 Å². The summed E-state index contributed by atoms with van der Waals surface area (Å²) in [5, 5.41) is 40.3. The molecule has 8 amide bonds. The highest BCUT2D eigenvalue weighted by molar-refractivity contribution is 5.97. The first kappa shape index (κ1) is 48.0. The van der Waals surface area contributed by atoms with Gasteiger partial charge in [0.1, 0.15) is 36.0 Å². The Morgan fingerprint density at radius 2 is 1.00 bits per heavy atom. The molecule has 17 N–H and O–H groups in total. The van der Waals surface area contributed by atoms with Crippen molar-refractivity contribution in [2.24, 2.45) is 22.9 Å². The summed E-state index contributed by atoms with van der Waals surface area (Å²) < 4.78 is 0. The zero-order valence-electron chi connectivity index (χ0n) is 31.7. The third-order valence-electron chi connectivity index (χ3n) is 8.55. The molecular weight excluding hydrogens is 782 g/mol. The second-order valence-corrected chi connectivity index (χ2v) is 13.3. The number of nitrogens with zero attached hydrogens (tertiary/aromatic N) is 1. The van der Waals surface area contributed by atoms with Crippen LogP contribution in [-0.4, -0.2) is 121 Å². The number of amides is 8. The number of carboxylic acid groups (broad SMARTS) is 2. The van der Waals surface area contributed by atoms with Gasteiger partial charge in [0.15, 0.2) is 0 Å². The van der Waals surface area contributed by atoms with Gasteiger partial charge in [-0.2, -0.15) is 0 Å². The predicted molar refractivity (Wildman–Crippen MR) is 202 cm³/mol. The zero-order chi connectivity index (χ0) is 44.2. The van der Waals surface area contributed by atoms with E-state index in [1.54, 1.807) is 0 Å². The van der Waals surface area contributed by atoms with E-state index in [0.29, 0.717) is 11.3 Å². The van der Waals surface area contributed by atoms with Crippen LogP contribution >= 0.6 is 0 Å². The van der Waals surface area contributed by atoms with Crippen molar-refractivity contribution in [2.45, 2.75) is 100 Å². The number of rotatable bonds is 27. The van der Waals surface area contributed by atoms with Crippen molar-refractivity contribution in [2.75, 3.05) is 0 Å². The minimum atomic E-state index is -1.66. The number of phenols is 1. The number of nitrogens with two attached hydrogens (primary N) is 4. The van der Waals surface area contributed by atoms with E-state index in [-0.39, 0.29) is 37.9 Å². The van der Waals surface area contributed by atoms with Crippen LogP contribution in [0.1, 0.15) is 62.6 Å². The van der Waals surface area contributed by atoms with Gasteiger partial charge >= 0.3 is 11.9 Å². The first-order valence-electron chi connectivity index (χ1n) is 18.1. The smallest absolute Gasteiger partial charge is 0.326 e. The van der Waals surface area contributed by atoms with Crippen molar-refractivity contribution in [3.63, 3.8) is 0 Å². The second kappa shape index (κ2) is 23.8. The topological polar surface area (TPSA) is 424 Å². The Balaban J connectivity index is 2.45. The molecule has 2 aromatic rings. The van der Waals surface area contributed by atoms with Crippen LogP contribution < -0.4 is 49.5 Å². The summed E-state index contributed by atoms with van der Waals surface area (Å²) in [5.41, 5.74) is 22.2. The Bertz CT molecular complexity index is 1820. The zero-order valence-corrected chi connectivity index (χ0v) is 31.7. The lowest BCUT2D eigenvalue weighted by molar-refractivity contribution is -0.143. The average molecular weight is 832 g/mol. The molecule has 24 heteroatoms. The number of benzene rings is 1. The van der Waals surface area contributed by atoms with Crippen molar-refractivity contribution in [3.8, 4) is 5.75 Å². The maximum atomic E-state index is 14.0. The van der Waals surface area contributed by atoms with Crippen LogP contribution in [0.15, 0.2) is 36.8 Å². The molecule has 0 aliphatic rings. The van der Waals surface area contributed by atoms with Crippen LogP contribution in [0.3, 0.4) is 0 Å². The first-order chi connectivity index (χ1) is 27.7. The summed E-state index contributed by atoms with van der Waals surface area (Å²) in [4.78, 5) is 132. The van der Waals surface area contributed by atoms with E-state index < -0.39 is 128 Å². The number of H-pyrrole nitrogens is 1. The molecule has 0 saturated heterocycles. The number of aromatic amines is 1. The van der Waals surface area contributed by atoms with E-state index in [1.807, 2.05) is 0 Å². The van der Waals surface area contributed by atoms with Crippen molar-refractivity contribution in [1.82, 2.24) is 36.6 Å². The van der Waals surface area contributed by atoms with Gasteiger partial charge in [-0.05, 0) is 43.4 Å². The number of aromatic hydroxyl groups is 1. The molecule has 0 aliphatic carbocycles. The number of primary amides is 3. The van der Waals surface area contributed by atoms with Gasteiger partial charge in [0.2, 0.25) is 47.3 Å². The van der Waals surface area contributed by atoms with Crippen LogP contribution in [0.4, 0.5) is 0 Å². The molecule has 0 spiro atoms. The SMILES string of the molecule is NC(=O)CC[C@H](NC(=O)[C@H](CCC(N)=O)NC(=O)[C@@H](N)CCC(N)=O)C(=O)N[C@@H](Cc1ccc(O)cc1)C(=O)N[C@@H](Cc1cnc[nH]1)C(=O)N[C@@H](CCC(=O)O)C(=O)O. The van der Waals surface area contributed by atoms with Gasteiger partial charge in [-0.3, -0.25) is 43.2 Å². The third-order valence-corrected chi connectivity index (χ3v) is 8.55. The van der Waals surface area contributed by atoms with Gasteiger partial charge in [0.05, 0.1) is 12.4 Å². The maximum Gasteiger partial charge on any atom is 0.326 e. The molecule has 1 aromatic carbocycles. The lowest BCUT2D eigenvalue weighted by Crippen LogP contribution is -2.60. The summed E-state index contributed by atoms with van der Waals surface area (Å²) in [6, 6.07) is -3.82. The molecule has 322 valence electrons. The Kier molecular flexibility index (Phi) is 19.4. The lowest BCUT2D eigenvalue weighted by Gasteiger charge is -2.27. The molecule has 0 radical (unpaired) electrons. The van der Waals surface area contributed by atoms with Crippen LogP contribution in [0.2, 0.25) is 0 Å². The highest BCUT2D eigenvalue weighted by Gasteiger charge is 2.34. The van der Waals surface area contributed by atoms with Gasteiger partial charge in [-0.25, -0.2) is 9.78 Å². The molecule has 24 nitrogen and oxygen atoms in total. The van der Waals surface area contributed by atoms with E-state index in [1.165, 1.54) is 36.8 Å². The largest absolute Gasteiger partial charge is 0.508 e. The summed E-state index contributed by atoms with van der Waals surface area (Å²) >= 11 is 0. The number of carboxylic acids is 2. The number of hydrogen-bond acceptors (Lipinski definition) is 13. The van der Waals surface area contributed by atoms with Gasteiger partial charge in [0, 0.05) is 50.4 Å². The average Bonchev–Trinajstić information content (AvgIpc) is 3.68. The molecule has 0 unspecified atom stereocenters. The Labute approximate surface area is 336 Å². The quantitative estimate of drug-likeness (QED) is 0.0403. The predicted octanol–water partition coefficient (Wildman–Crippen LogP) is -4.60. The maximum absolute atomic E-state index is 14.0. The van der Waals surface area contributed by atoms with Gasteiger partial charge in [0.25, 0.3) is 0 Å². The Hall–Kier alpha value is -7.11. The van der Waals surface area contributed by atoms with E-state index in [0.717, 1.165) is 0 Å². The molecule has 0 fully saturated rings. The van der Waals surface area contributed by atoms with Crippen LogP contribution in [0, 0.1) is 0 Å². The van der Waals surface area contributed by atoms with E-state index >= 15 is 0 Å². The van der Waals surface area contributed by atoms with Crippen molar-refractivity contribution in [1.29, 1.82) is 0 Å². The second-order valence-electron chi connectivity index (χ2n) is 13.3. The molecule has 2 rings (SSSR count). The van der Waals surface area contributed by atoms with Crippen LogP contribution in [-0.2, 0) is 60.8 Å². The molecule has 59 heavy (non-hydrogen) atoms. The molecule has 1 heterocycles. The number of phenolic OH excluding ortho intramolecular Hbond substituents is 1. The summed E-state index contributed by atoms with van der Waals surface area (Å²) in [6.45, 7) is 0. The van der Waals surface area contributed by atoms with Gasteiger partial charge in [-0.1, -0.05) is 12.1 Å². The standard InChI is InChI=1S/C35H49N11O13/c36-20(5-9-26(37)48)30(53)42-21(6-10-27(38)49)31(54)43-22(7-11-28(39)50)32(55)45-24(13-17-1-3-19(47)4-2-17)33(56)46-25(14-18-15-40-16-41-18)34(57)44-23(35(58)59)8-12-29(51)52/h1-4,15-16,20-25,47H,5-14,36H2,(H2,37,48)(H2,38,49)(H2,39,50)(H,40,41)(H,42,53)(H,43,54)(H,44,57)(H,45,55)(H,46,56)(H,51,52)(H,58,59)/t20-,21-,22-,23-,24-,25-/m0/s1. The molecule has 0 aliphatic heterocycles. The summed E-state index contributed by atoms with van der Waals surface area (Å²) in [7, 11) is 0. The Morgan fingerprint density at radius 1 is 0.576 bits per heavy atom. The molecule has 0 saturated carbocycles. The lowest BCUT2D eigenvalue weighted by atomic mass is 10.0. The summed E-state index contributed by atoms with van der Waals surface area (Å²) in [5.74, 6) is -10.5. The van der Waals surface area contributed by atoms with E-state index in [9.17, 15) is 58.2 Å². The minimum Gasteiger partial charge on any atom is -0.508 e. The number of carbonyl (C=O) groups excluding carboxylic acids is 8. The number of nitrogens with one attached hydrogen (secondary N) is 6. The molecular formula is C35H49N11O13. The number of hydrogen-bond donors (Lipinski definition) is 13. The van der Waals surface area contributed by atoms with Gasteiger partial charge in [-0.15, -0.1) is 0 Å². The van der Waals surface area contributed by atoms with Gasteiger partial charge < -0.3 is 69.8 Å². The number of imidazole rings is 1. The highest BCUT2D eigenvalue weighted by atomic mass is 16.4. The molecule has 6 atom stereocenters. The monoisotopic (exact) mass is 831 g/mol. The number of carbonyl (C=O) groups is 10. The molecule has 0 bridgehead atoms. The fourth-order valence-electron chi connectivity index (χ4n) is 5.34. The highest BCUT2D eigenvalue weighted by Crippen LogP contribution is 2.13.